The first-order valence-corrected chi connectivity index (χ1v) is 10.2. The summed E-state index contributed by atoms with van der Waals surface area (Å²) >= 11 is 6.12. The highest BCUT2D eigenvalue weighted by atomic mass is 35.5. The average molecular weight is 398 g/mol. The van der Waals surface area contributed by atoms with E-state index in [0.29, 0.717) is 18.0 Å². The van der Waals surface area contributed by atoms with Crippen molar-refractivity contribution >= 4 is 45.2 Å². The Balaban J connectivity index is 1.40. The van der Waals surface area contributed by atoms with Crippen molar-refractivity contribution in [3.63, 3.8) is 0 Å². The van der Waals surface area contributed by atoms with E-state index in [9.17, 15) is 9.59 Å². The van der Waals surface area contributed by atoms with Gasteiger partial charge in [-0.2, -0.15) is 0 Å². The lowest BCUT2D eigenvalue weighted by Crippen LogP contribution is -2.32. The van der Waals surface area contributed by atoms with Crippen LogP contribution in [0.15, 0.2) is 36.4 Å². The minimum Gasteiger partial charge on any atom is -0.356 e. The monoisotopic (exact) mass is 397 g/mol. The van der Waals surface area contributed by atoms with Gasteiger partial charge in [-0.15, -0.1) is 0 Å². The molecule has 1 atom stereocenters. The Morgan fingerprint density at radius 1 is 1.21 bits per heavy atom. The minimum atomic E-state index is -0.243. The number of halogens is 1. The topological polar surface area (TPSA) is 65.2 Å². The van der Waals surface area contributed by atoms with Gasteiger partial charge in [0.1, 0.15) is 0 Å². The fourth-order valence-electron chi connectivity index (χ4n) is 3.89. The molecule has 2 heterocycles. The molecular weight excluding hydrogens is 374 g/mol. The van der Waals surface area contributed by atoms with Gasteiger partial charge in [-0.05, 0) is 49.6 Å². The van der Waals surface area contributed by atoms with Gasteiger partial charge in [0, 0.05) is 52.9 Å². The third-order valence-corrected chi connectivity index (χ3v) is 5.79. The lowest BCUT2D eigenvalue weighted by Gasteiger charge is -2.16. The van der Waals surface area contributed by atoms with E-state index in [1.807, 2.05) is 48.2 Å². The number of amides is 2. The molecule has 0 saturated carbocycles. The van der Waals surface area contributed by atoms with Crippen LogP contribution in [0.3, 0.4) is 0 Å². The molecule has 6 heteroatoms. The molecule has 0 radical (unpaired) electrons. The van der Waals surface area contributed by atoms with E-state index in [4.69, 9.17) is 11.6 Å². The molecule has 1 aliphatic rings. The molecule has 1 aromatic heterocycles. The maximum Gasteiger partial charge on any atom is 0.227 e. The summed E-state index contributed by atoms with van der Waals surface area (Å²) in [6.45, 7) is 4.07. The van der Waals surface area contributed by atoms with Crippen LogP contribution in [-0.2, 0) is 9.59 Å². The molecule has 2 N–H and O–H groups in total. The minimum absolute atomic E-state index is 0.00579. The van der Waals surface area contributed by atoms with Crippen molar-refractivity contribution in [3.8, 4) is 0 Å². The second kappa shape index (κ2) is 7.84. The highest BCUT2D eigenvalue weighted by Gasteiger charge is 2.20. The summed E-state index contributed by atoms with van der Waals surface area (Å²) in [5.74, 6) is -0.00769. The van der Waals surface area contributed by atoms with Gasteiger partial charge in [0.05, 0.1) is 5.92 Å². The molecule has 4 rings (SSSR count). The summed E-state index contributed by atoms with van der Waals surface area (Å²) in [6, 6.07) is 11.9. The van der Waals surface area contributed by atoms with Crippen molar-refractivity contribution in [1.82, 2.24) is 15.2 Å². The number of carbonyl (C=O) groups is 2. The molecule has 1 saturated heterocycles. The summed E-state index contributed by atoms with van der Waals surface area (Å²) < 4.78 is 0. The molecule has 1 fully saturated rings. The van der Waals surface area contributed by atoms with Gasteiger partial charge in [0.2, 0.25) is 11.8 Å². The van der Waals surface area contributed by atoms with Crippen molar-refractivity contribution < 1.29 is 9.59 Å². The van der Waals surface area contributed by atoms with Crippen LogP contribution in [0.4, 0.5) is 0 Å². The van der Waals surface area contributed by atoms with Crippen molar-refractivity contribution in [1.29, 1.82) is 0 Å². The predicted octanol–water partition coefficient (Wildman–Crippen LogP) is 4.21. The normalized spacial score (nSPS) is 15.5. The van der Waals surface area contributed by atoms with Crippen LogP contribution in [0.2, 0.25) is 5.02 Å². The summed E-state index contributed by atoms with van der Waals surface area (Å²) in [5, 5.41) is 5.89. The van der Waals surface area contributed by atoms with Crippen LogP contribution < -0.4 is 5.32 Å². The summed E-state index contributed by atoms with van der Waals surface area (Å²) in [5.41, 5.74) is 3.00. The first kappa shape index (κ1) is 18.8. The van der Waals surface area contributed by atoms with Crippen LogP contribution >= 0.6 is 11.6 Å². The summed E-state index contributed by atoms with van der Waals surface area (Å²) in [4.78, 5) is 29.4. The highest BCUT2D eigenvalue weighted by molar-refractivity contribution is 6.31. The Bertz CT molecular complexity index is 1040. The predicted molar refractivity (Wildman–Crippen MR) is 113 cm³/mol. The van der Waals surface area contributed by atoms with Gasteiger partial charge in [-0.3, -0.25) is 9.59 Å². The number of hydrogen-bond donors (Lipinski definition) is 2. The van der Waals surface area contributed by atoms with E-state index in [1.54, 1.807) is 0 Å². The number of hydrogen-bond acceptors (Lipinski definition) is 2. The summed E-state index contributed by atoms with van der Waals surface area (Å²) in [6.07, 6.45) is 2.39. The number of nitrogens with one attached hydrogen (secondary N) is 2. The Hall–Kier alpha value is -2.53. The molecule has 0 aliphatic carbocycles. The van der Waals surface area contributed by atoms with Crippen LogP contribution in [0.25, 0.3) is 21.8 Å². The average Bonchev–Trinajstić information content (AvgIpc) is 3.26. The summed E-state index contributed by atoms with van der Waals surface area (Å²) in [7, 11) is 0. The Morgan fingerprint density at radius 3 is 2.86 bits per heavy atom. The number of benzene rings is 2. The number of rotatable bonds is 6. The third kappa shape index (κ3) is 3.72. The largest absolute Gasteiger partial charge is 0.356 e. The van der Waals surface area contributed by atoms with Crippen molar-refractivity contribution in [3.05, 3.63) is 47.0 Å². The van der Waals surface area contributed by atoms with E-state index in [-0.39, 0.29) is 17.7 Å². The molecule has 1 aliphatic heterocycles. The first-order valence-electron chi connectivity index (χ1n) is 9.79. The fourth-order valence-corrected chi connectivity index (χ4v) is 4.06. The van der Waals surface area contributed by atoms with Gasteiger partial charge in [-0.1, -0.05) is 23.7 Å². The van der Waals surface area contributed by atoms with Crippen molar-refractivity contribution in [2.45, 2.75) is 32.1 Å². The number of H-pyrrole nitrogens is 1. The van der Waals surface area contributed by atoms with Crippen molar-refractivity contribution in [2.24, 2.45) is 0 Å². The second-order valence-corrected chi connectivity index (χ2v) is 7.91. The highest BCUT2D eigenvalue weighted by Crippen LogP contribution is 2.30. The van der Waals surface area contributed by atoms with Gasteiger partial charge < -0.3 is 15.2 Å². The van der Waals surface area contributed by atoms with E-state index >= 15 is 0 Å². The Morgan fingerprint density at radius 2 is 2.07 bits per heavy atom. The molecule has 28 heavy (non-hydrogen) atoms. The third-order valence-electron chi connectivity index (χ3n) is 5.55. The number of aromatic amines is 1. The van der Waals surface area contributed by atoms with Crippen LogP contribution in [-0.4, -0.2) is 41.3 Å². The number of fused-ring (bicyclic) bond motifs is 3. The maximum absolute atomic E-state index is 12.5. The molecule has 146 valence electrons. The Kier molecular flexibility index (Phi) is 5.27. The fraction of sp³-hybridized carbons (Fsp3) is 0.364. The lowest BCUT2D eigenvalue weighted by molar-refractivity contribution is -0.127. The van der Waals surface area contributed by atoms with Crippen LogP contribution in [0.1, 0.15) is 37.7 Å². The Labute approximate surface area is 169 Å². The zero-order valence-electron chi connectivity index (χ0n) is 15.9. The van der Waals surface area contributed by atoms with Crippen molar-refractivity contribution in [2.75, 3.05) is 19.6 Å². The van der Waals surface area contributed by atoms with Gasteiger partial charge in [0.25, 0.3) is 0 Å². The van der Waals surface area contributed by atoms with E-state index in [2.05, 4.69) is 10.3 Å². The molecule has 2 aromatic carbocycles. The number of nitrogens with zero attached hydrogens (tertiary/aromatic N) is 1. The number of likely N-dealkylation sites (tertiary alicyclic amines) is 1. The second-order valence-electron chi connectivity index (χ2n) is 7.47. The smallest absolute Gasteiger partial charge is 0.227 e. The molecule has 1 unspecified atom stereocenters. The molecule has 0 spiro atoms. The van der Waals surface area contributed by atoms with E-state index in [1.165, 1.54) is 0 Å². The molecular formula is C22H24ClN3O2. The standard InChI is InChI=1S/C22H24ClN3O2/c1-14(22(28)24-9-3-11-26-10-2-4-21(26)27)15-5-7-17-18-13-16(23)6-8-19(18)25-20(17)12-15/h5-8,12-14,25H,2-4,9-11H2,1H3,(H,24,28). The first-order chi connectivity index (χ1) is 13.5. The number of carbonyl (C=O) groups excluding carboxylic acids is 2. The molecule has 5 nitrogen and oxygen atoms in total. The lowest BCUT2D eigenvalue weighted by atomic mass is 9.98. The molecule has 0 bridgehead atoms. The van der Waals surface area contributed by atoms with Gasteiger partial charge >= 0.3 is 0 Å². The maximum atomic E-state index is 12.5. The van der Waals surface area contributed by atoms with Crippen LogP contribution in [0, 0.1) is 0 Å². The SMILES string of the molecule is CC(C(=O)NCCCN1CCCC1=O)c1ccc2c(c1)[nH]c1ccc(Cl)cc12. The number of aromatic nitrogens is 1. The zero-order valence-corrected chi connectivity index (χ0v) is 16.7. The quantitative estimate of drug-likeness (QED) is 0.612. The van der Waals surface area contributed by atoms with Crippen LogP contribution in [0.5, 0.6) is 0 Å². The molecule has 2 amide bonds. The van der Waals surface area contributed by atoms with Gasteiger partial charge in [-0.25, -0.2) is 0 Å². The van der Waals surface area contributed by atoms with Gasteiger partial charge in [0.15, 0.2) is 0 Å². The zero-order chi connectivity index (χ0) is 19.7. The molecule has 3 aromatic rings. The van der Waals surface area contributed by atoms with E-state index < -0.39 is 0 Å². The van der Waals surface area contributed by atoms with E-state index in [0.717, 1.165) is 53.3 Å².